The number of carbonyl (C=O) groups excluding carboxylic acids is 1. The molecule has 0 saturated heterocycles. The van der Waals surface area contributed by atoms with Crippen molar-refractivity contribution in [3.63, 3.8) is 0 Å². The Morgan fingerprint density at radius 1 is 1.26 bits per heavy atom. The van der Waals surface area contributed by atoms with Crippen LogP contribution in [-0.2, 0) is 0 Å². The van der Waals surface area contributed by atoms with Crippen LogP contribution in [0.5, 0.6) is 17.2 Å². The Balaban J connectivity index is 2.40. The number of primary amides is 1. The van der Waals surface area contributed by atoms with Gasteiger partial charge in [0, 0.05) is 10.5 Å². The van der Waals surface area contributed by atoms with E-state index in [1.54, 1.807) is 30.3 Å². The van der Waals surface area contributed by atoms with Crippen LogP contribution >= 0.6 is 15.9 Å². The Morgan fingerprint density at radius 2 is 2.00 bits per heavy atom. The molecule has 2 aromatic rings. The normalized spacial score (nSPS) is 10.2. The Labute approximate surface area is 118 Å². The van der Waals surface area contributed by atoms with E-state index in [9.17, 15) is 9.90 Å². The Morgan fingerprint density at radius 3 is 2.63 bits per heavy atom. The van der Waals surface area contributed by atoms with Crippen LogP contribution in [0.25, 0.3) is 0 Å². The second-order valence-corrected chi connectivity index (χ2v) is 5.03. The third-order valence-electron chi connectivity index (χ3n) is 2.47. The number of rotatable bonds is 3. The summed E-state index contributed by atoms with van der Waals surface area (Å²) in [5.41, 5.74) is 6.44. The zero-order valence-corrected chi connectivity index (χ0v) is 11.8. The summed E-state index contributed by atoms with van der Waals surface area (Å²) in [7, 11) is 0. The molecule has 0 heterocycles. The van der Waals surface area contributed by atoms with Crippen molar-refractivity contribution in [2.75, 3.05) is 0 Å². The van der Waals surface area contributed by atoms with Crippen molar-refractivity contribution in [2.24, 2.45) is 5.73 Å². The summed E-state index contributed by atoms with van der Waals surface area (Å²) < 4.78 is 6.34. The lowest BCUT2D eigenvalue weighted by Crippen LogP contribution is -2.12. The van der Waals surface area contributed by atoms with Crippen LogP contribution in [0, 0.1) is 6.92 Å². The molecule has 1 amide bonds. The van der Waals surface area contributed by atoms with Crippen LogP contribution < -0.4 is 10.5 Å². The number of aromatic hydroxyl groups is 1. The number of carbonyl (C=O) groups is 1. The van der Waals surface area contributed by atoms with Gasteiger partial charge in [-0.05, 0) is 42.8 Å². The number of ether oxygens (including phenoxy) is 1. The van der Waals surface area contributed by atoms with Crippen molar-refractivity contribution in [3.05, 3.63) is 52.0 Å². The summed E-state index contributed by atoms with van der Waals surface area (Å²) in [6.07, 6.45) is 0. The number of benzene rings is 2. The molecule has 0 fully saturated rings. The molecule has 0 aliphatic heterocycles. The average molecular weight is 322 g/mol. The van der Waals surface area contributed by atoms with Gasteiger partial charge in [-0.1, -0.05) is 15.9 Å². The Hall–Kier alpha value is -2.01. The van der Waals surface area contributed by atoms with Gasteiger partial charge in [0.1, 0.15) is 17.2 Å². The average Bonchev–Trinajstić information content (AvgIpc) is 2.30. The molecule has 0 aliphatic rings. The van der Waals surface area contributed by atoms with Crippen molar-refractivity contribution in [2.45, 2.75) is 6.92 Å². The fraction of sp³-hybridized carbons (Fsp3) is 0.0714. The molecule has 0 spiro atoms. The monoisotopic (exact) mass is 321 g/mol. The molecule has 2 aromatic carbocycles. The highest BCUT2D eigenvalue weighted by Crippen LogP contribution is 2.30. The third kappa shape index (κ3) is 3.26. The fourth-order valence-electron chi connectivity index (χ4n) is 1.70. The topological polar surface area (TPSA) is 72.6 Å². The van der Waals surface area contributed by atoms with Gasteiger partial charge in [-0.3, -0.25) is 4.79 Å². The lowest BCUT2D eigenvalue weighted by molar-refractivity contribution is 0.0998. The van der Waals surface area contributed by atoms with Gasteiger partial charge in [0.15, 0.2) is 0 Å². The molecule has 0 saturated carbocycles. The van der Waals surface area contributed by atoms with Gasteiger partial charge in [0.05, 0.1) is 5.56 Å². The van der Waals surface area contributed by atoms with Crippen LogP contribution in [0.15, 0.2) is 40.9 Å². The van der Waals surface area contributed by atoms with Crippen molar-refractivity contribution in [1.82, 2.24) is 0 Å². The maximum Gasteiger partial charge on any atom is 0.252 e. The first-order valence-corrected chi connectivity index (χ1v) is 6.33. The van der Waals surface area contributed by atoms with E-state index in [1.807, 2.05) is 6.92 Å². The molecule has 0 radical (unpaired) electrons. The largest absolute Gasteiger partial charge is 0.508 e. The Kier molecular flexibility index (Phi) is 3.76. The van der Waals surface area contributed by atoms with E-state index >= 15 is 0 Å². The lowest BCUT2D eigenvalue weighted by Gasteiger charge is -2.10. The molecular formula is C14H12BrNO3. The van der Waals surface area contributed by atoms with Gasteiger partial charge in [0.25, 0.3) is 5.91 Å². The summed E-state index contributed by atoms with van der Waals surface area (Å²) in [5, 5.41) is 9.52. The highest BCUT2D eigenvalue weighted by molar-refractivity contribution is 9.10. The lowest BCUT2D eigenvalue weighted by atomic mass is 10.2. The highest BCUT2D eigenvalue weighted by Gasteiger charge is 2.11. The summed E-state index contributed by atoms with van der Waals surface area (Å²) in [6, 6.07) is 9.82. The van der Waals surface area contributed by atoms with Gasteiger partial charge in [0.2, 0.25) is 0 Å². The summed E-state index contributed by atoms with van der Waals surface area (Å²) >= 11 is 3.27. The van der Waals surface area contributed by atoms with Crippen molar-refractivity contribution >= 4 is 21.8 Å². The van der Waals surface area contributed by atoms with E-state index < -0.39 is 5.91 Å². The maximum absolute atomic E-state index is 11.4. The minimum absolute atomic E-state index is 0.104. The molecule has 0 bridgehead atoms. The first-order valence-electron chi connectivity index (χ1n) is 5.53. The predicted molar refractivity (Wildman–Crippen MR) is 75.6 cm³/mol. The standard InChI is InChI=1S/C14H12BrNO3/c1-8-4-10(17)7-11(5-8)19-13-3-2-9(15)6-12(13)14(16)18/h2-7,17H,1H3,(H2,16,18). The van der Waals surface area contributed by atoms with E-state index in [0.29, 0.717) is 11.5 Å². The number of aryl methyl sites for hydroxylation is 1. The van der Waals surface area contributed by atoms with Crippen LogP contribution in [0.2, 0.25) is 0 Å². The molecule has 5 heteroatoms. The number of nitrogens with two attached hydrogens (primary N) is 1. The third-order valence-corrected chi connectivity index (χ3v) is 2.96. The Bertz CT molecular complexity index is 620. The number of phenols is 1. The number of halogens is 1. The first-order chi connectivity index (χ1) is 8.95. The zero-order valence-electron chi connectivity index (χ0n) is 10.2. The molecule has 2 rings (SSSR count). The minimum atomic E-state index is -0.576. The van der Waals surface area contributed by atoms with Crippen molar-refractivity contribution < 1.29 is 14.6 Å². The number of hydrogen-bond donors (Lipinski definition) is 2. The van der Waals surface area contributed by atoms with Crippen LogP contribution in [0.3, 0.4) is 0 Å². The van der Waals surface area contributed by atoms with Crippen LogP contribution in [0.1, 0.15) is 15.9 Å². The fourth-order valence-corrected chi connectivity index (χ4v) is 2.06. The number of amides is 1. The molecule has 0 aromatic heterocycles. The molecule has 0 aliphatic carbocycles. The molecule has 98 valence electrons. The van der Waals surface area contributed by atoms with Crippen LogP contribution in [-0.4, -0.2) is 11.0 Å². The SMILES string of the molecule is Cc1cc(O)cc(Oc2ccc(Br)cc2C(N)=O)c1. The molecular weight excluding hydrogens is 310 g/mol. The maximum atomic E-state index is 11.4. The van der Waals surface area contributed by atoms with E-state index in [0.717, 1.165) is 10.0 Å². The molecule has 3 N–H and O–H groups in total. The second-order valence-electron chi connectivity index (χ2n) is 4.11. The number of phenolic OH excluding ortho intramolecular Hbond substituents is 1. The van der Waals surface area contributed by atoms with Crippen LogP contribution in [0.4, 0.5) is 0 Å². The van der Waals surface area contributed by atoms with E-state index in [-0.39, 0.29) is 11.3 Å². The first kappa shape index (κ1) is 13.4. The number of hydrogen-bond acceptors (Lipinski definition) is 3. The van der Waals surface area contributed by atoms with Crippen molar-refractivity contribution in [1.29, 1.82) is 0 Å². The quantitative estimate of drug-likeness (QED) is 0.910. The van der Waals surface area contributed by atoms with Gasteiger partial charge in [-0.2, -0.15) is 0 Å². The summed E-state index contributed by atoms with van der Waals surface area (Å²) in [5.74, 6) is 0.323. The summed E-state index contributed by atoms with van der Waals surface area (Å²) in [4.78, 5) is 11.4. The van der Waals surface area contributed by atoms with Gasteiger partial charge in [-0.15, -0.1) is 0 Å². The van der Waals surface area contributed by atoms with Gasteiger partial charge < -0.3 is 15.6 Å². The van der Waals surface area contributed by atoms with E-state index in [4.69, 9.17) is 10.5 Å². The molecule has 19 heavy (non-hydrogen) atoms. The second kappa shape index (κ2) is 5.32. The smallest absolute Gasteiger partial charge is 0.252 e. The predicted octanol–water partition coefficient (Wildman–Crippen LogP) is 3.35. The van der Waals surface area contributed by atoms with Gasteiger partial charge >= 0.3 is 0 Å². The highest BCUT2D eigenvalue weighted by atomic mass is 79.9. The van der Waals surface area contributed by atoms with Crippen molar-refractivity contribution in [3.8, 4) is 17.2 Å². The van der Waals surface area contributed by atoms with E-state index in [1.165, 1.54) is 6.07 Å². The van der Waals surface area contributed by atoms with Gasteiger partial charge in [-0.25, -0.2) is 0 Å². The molecule has 0 unspecified atom stereocenters. The molecule has 4 nitrogen and oxygen atoms in total. The zero-order chi connectivity index (χ0) is 14.0. The minimum Gasteiger partial charge on any atom is -0.508 e. The van der Waals surface area contributed by atoms with E-state index in [2.05, 4.69) is 15.9 Å². The molecule has 0 atom stereocenters. The summed E-state index contributed by atoms with van der Waals surface area (Å²) in [6.45, 7) is 1.84.